The molecular formula is C19H20FNO4. The van der Waals surface area contributed by atoms with Gasteiger partial charge in [-0.15, -0.1) is 0 Å². The van der Waals surface area contributed by atoms with Gasteiger partial charge >= 0.3 is 5.97 Å². The Hall–Kier alpha value is -2.89. The molecule has 0 bridgehead atoms. The first-order valence-corrected chi connectivity index (χ1v) is 7.78. The predicted octanol–water partition coefficient (Wildman–Crippen LogP) is 3.00. The topological polar surface area (TPSA) is 64.6 Å². The third-order valence-corrected chi connectivity index (χ3v) is 3.64. The fourth-order valence-corrected chi connectivity index (χ4v) is 2.10. The van der Waals surface area contributed by atoms with E-state index in [2.05, 4.69) is 5.32 Å². The summed E-state index contributed by atoms with van der Waals surface area (Å²) in [5, 5.41) is 2.68. The second-order valence-electron chi connectivity index (χ2n) is 5.60. The summed E-state index contributed by atoms with van der Waals surface area (Å²) in [6.07, 6.45) is -1.04. The van der Waals surface area contributed by atoms with Gasteiger partial charge in [-0.25, -0.2) is 9.18 Å². The number of carbonyl (C=O) groups is 2. The zero-order valence-corrected chi connectivity index (χ0v) is 14.3. The van der Waals surface area contributed by atoms with E-state index in [1.165, 1.54) is 26.2 Å². The Morgan fingerprint density at radius 3 is 2.44 bits per heavy atom. The average Bonchev–Trinajstić information content (AvgIpc) is 2.60. The van der Waals surface area contributed by atoms with Crippen LogP contribution in [0.1, 0.15) is 28.4 Å². The maximum Gasteiger partial charge on any atom is 0.341 e. The molecule has 0 saturated carbocycles. The van der Waals surface area contributed by atoms with Gasteiger partial charge in [0.25, 0.3) is 5.91 Å². The van der Waals surface area contributed by atoms with Crippen LogP contribution in [-0.2, 0) is 16.1 Å². The van der Waals surface area contributed by atoms with E-state index in [0.717, 1.165) is 17.2 Å². The van der Waals surface area contributed by atoms with Gasteiger partial charge in [-0.05, 0) is 31.5 Å². The van der Waals surface area contributed by atoms with Gasteiger partial charge in [-0.2, -0.15) is 0 Å². The summed E-state index contributed by atoms with van der Waals surface area (Å²) in [5.74, 6) is -1.84. The minimum atomic E-state index is -1.04. The number of hydrogen-bond donors (Lipinski definition) is 1. The number of carbonyl (C=O) groups excluding carboxylic acids is 2. The number of ether oxygens (including phenoxy) is 2. The fourth-order valence-electron chi connectivity index (χ4n) is 2.10. The van der Waals surface area contributed by atoms with Crippen molar-refractivity contribution in [3.63, 3.8) is 0 Å². The van der Waals surface area contributed by atoms with Crippen molar-refractivity contribution in [2.24, 2.45) is 0 Å². The lowest BCUT2D eigenvalue weighted by atomic mass is 10.1. The van der Waals surface area contributed by atoms with Crippen LogP contribution >= 0.6 is 0 Å². The number of hydrogen-bond acceptors (Lipinski definition) is 4. The Bertz CT molecular complexity index is 759. The summed E-state index contributed by atoms with van der Waals surface area (Å²) in [7, 11) is 1.40. The molecular weight excluding hydrogens is 325 g/mol. The van der Waals surface area contributed by atoms with Gasteiger partial charge in [0, 0.05) is 12.6 Å². The molecule has 0 aliphatic rings. The smallest absolute Gasteiger partial charge is 0.341 e. The number of benzene rings is 2. The quantitative estimate of drug-likeness (QED) is 0.818. The van der Waals surface area contributed by atoms with Crippen molar-refractivity contribution in [1.29, 1.82) is 0 Å². The number of amides is 1. The van der Waals surface area contributed by atoms with E-state index in [1.807, 2.05) is 31.2 Å². The Labute approximate surface area is 145 Å². The van der Waals surface area contributed by atoms with Gasteiger partial charge in [0.15, 0.2) is 6.10 Å². The molecule has 0 saturated heterocycles. The van der Waals surface area contributed by atoms with Crippen LogP contribution in [0.5, 0.6) is 5.75 Å². The highest BCUT2D eigenvalue weighted by molar-refractivity contribution is 5.92. The molecule has 0 aliphatic carbocycles. The van der Waals surface area contributed by atoms with Crippen LogP contribution < -0.4 is 10.1 Å². The zero-order valence-electron chi connectivity index (χ0n) is 14.3. The molecule has 0 aromatic heterocycles. The van der Waals surface area contributed by atoms with Crippen LogP contribution in [-0.4, -0.2) is 25.1 Å². The molecule has 6 heteroatoms. The lowest BCUT2D eigenvalue weighted by molar-refractivity contribution is -0.129. The third kappa shape index (κ3) is 5.04. The highest BCUT2D eigenvalue weighted by Gasteiger charge is 2.21. The van der Waals surface area contributed by atoms with Gasteiger partial charge in [-0.1, -0.05) is 29.8 Å². The Morgan fingerprint density at radius 1 is 1.16 bits per heavy atom. The number of methoxy groups -OCH3 is 1. The molecule has 0 heterocycles. The van der Waals surface area contributed by atoms with E-state index in [0.29, 0.717) is 6.54 Å². The summed E-state index contributed by atoms with van der Waals surface area (Å²) in [6, 6.07) is 11.5. The van der Waals surface area contributed by atoms with Crippen LogP contribution in [0.25, 0.3) is 0 Å². The molecule has 0 aliphatic heterocycles. The first-order valence-electron chi connectivity index (χ1n) is 7.78. The molecule has 1 amide bonds. The largest absolute Gasteiger partial charge is 0.497 e. The number of nitrogens with one attached hydrogen (secondary N) is 1. The van der Waals surface area contributed by atoms with Gasteiger partial charge in [0.05, 0.1) is 12.7 Å². The van der Waals surface area contributed by atoms with E-state index in [4.69, 9.17) is 9.47 Å². The fraction of sp³-hybridized carbons (Fsp3) is 0.263. The number of halogens is 1. The van der Waals surface area contributed by atoms with Crippen LogP contribution in [0.3, 0.4) is 0 Å². The lowest BCUT2D eigenvalue weighted by Crippen LogP contribution is -2.35. The van der Waals surface area contributed by atoms with Crippen molar-refractivity contribution < 1.29 is 23.5 Å². The second kappa shape index (κ2) is 8.28. The number of rotatable bonds is 6. The minimum absolute atomic E-state index is 0.251. The molecule has 5 nitrogen and oxygen atoms in total. The molecule has 0 radical (unpaired) electrons. The van der Waals surface area contributed by atoms with Crippen molar-refractivity contribution in [3.05, 3.63) is 65.0 Å². The molecule has 1 atom stereocenters. The third-order valence-electron chi connectivity index (χ3n) is 3.64. The van der Waals surface area contributed by atoms with E-state index < -0.39 is 23.8 Å². The first kappa shape index (κ1) is 18.4. The van der Waals surface area contributed by atoms with E-state index in [9.17, 15) is 14.0 Å². The van der Waals surface area contributed by atoms with Crippen LogP contribution in [0.4, 0.5) is 4.39 Å². The zero-order chi connectivity index (χ0) is 18.4. The van der Waals surface area contributed by atoms with E-state index >= 15 is 0 Å². The minimum Gasteiger partial charge on any atom is -0.497 e. The summed E-state index contributed by atoms with van der Waals surface area (Å²) in [4.78, 5) is 24.0. The Morgan fingerprint density at radius 2 is 1.84 bits per heavy atom. The highest BCUT2D eigenvalue weighted by Crippen LogP contribution is 2.17. The summed E-state index contributed by atoms with van der Waals surface area (Å²) >= 11 is 0. The molecule has 25 heavy (non-hydrogen) atoms. The average molecular weight is 345 g/mol. The van der Waals surface area contributed by atoms with Crippen molar-refractivity contribution in [2.75, 3.05) is 7.11 Å². The molecule has 2 aromatic carbocycles. The van der Waals surface area contributed by atoms with Gasteiger partial charge in [0.1, 0.15) is 11.6 Å². The summed E-state index contributed by atoms with van der Waals surface area (Å²) in [6.45, 7) is 3.73. The van der Waals surface area contributed by atoms with E-state index in [1.54, 1.807) is 0 Å². The lowest BCUT2D eigenvalue weighted by Gasteiger charge is -2.14. The molecule has 2 rings (SSSR count). The predicted molar refractivity (Wildman–Crippen MR) is 90.9 cm³/mol. The highest BCUT2D eigenvalue weighted by atomic mass is 19.1. The summed E-state index contributed by atoms with van der Waals surface area (Å²) < 4.78 is 23.8. The first-order chi connectivity index (χ1) is 11.9. The molecule has 0 fully saturated rings. The van der Waals surface area contributed by atoms with Gasteiger partial charge in [-0.3, -0.25) is 4.79 Å². The van der Waals surface area contributed by atoms with Crippen molar-refractivity contribution in [2.45, 2.75) is 26.5 Å². The molecule has 132 valence electrons. The van der Waals surface area contributed by atoms with E-state index in [-0.39, 0.29) is 11.3 Å². The van der Waals surface area contributed by atoms with Crippen molar-refractivity contribution >= 4 is 11.9 Å². The SMILES string of the molecule is COc1ccc(C(=O)O[C@@H](C)C(=O)NCc2ccc(C)cc2)c(F)c1. The Balaban J connectivity index is 1.91. The second-order valence-corrected chi connectivity index (χ2v) is 5.60. The number of aryl methyl sites for hydroxylation is 1. The van der Waals surface area contributed by atoms with Crippen molar-refractivity contribution in [3.8, 4) is 5.75 Å². The monoisotopic (exact) mass is 345 g/mol. The van der Waals surface area contributed by atoms with Crippen LogP contribution in [0, 0.1) is 12.7 Å². The van der Waals surface area contributed by atoms with Crippen LogP contribution in [0.15, 0.2) is 42.5 Å². The number of esters is 1. The van der Waals surface area contributed by atoms with Gasteiger partial charge < -0.3 is 14.8 Å². The standard InChI is InChI=1S/C19H20FNO4/c1-12-4-6-14(7-5-12)11-21-18(22)13(2)25-19(23)16-9-8-15(24-3)10-17(16)20/h4-10,13H,11H2,1-3H3,(H,21,22)/t13-/m0/s1. The molecule has 0 spiro atoms. The summed E-state index contributed by atoms with van der Waals surface area (Å²) in [5.41, 5.74) is 1.80. The van der Waals surface area contributed by atoms with Crippen molar-refractivity contribution in [1.82, 2.24) is 5.32 Å². The van der Waals surface area contributed by atoms with Crippen LogP contribution in [0.2, 0.25) is 0 Å². The molecule has 1 N–H and O–H groups in total. The normalized spacial score (nSPS) is 11.5. The maximum absolute atomic E-state index is 13.9. The molecule has 0 unspecified atom stereocenters. The molecule has 2 aromatic rings. The maximum atomic E-state index is 13.9. The van der Waals surface area contributed by atoms with Gasteiger partial charge in [0.2, 0.25) is 0 Å². The Kier molecular flexibility index (Phi) is 6.11.